The lowest BCUT2D eigenvalue weighted by molar-refractivity contribution is -0.135. The number of nitrogens with one attached hydrogen (secondary N) is 2. The summed E-state index contributed by atoms with van der Waals surface area (Å²) in [6, 6.07) is 3.79. The van der Waals surface area contributed by atoms with Gasteiger partial charge in [0.25, 0.3) is 0 Å². The third kappa shape index (κ3) is 4.21. The lowest BCUT2D eigenvalue weighted by Crippen LogP contribution is -2.29. The van der Waals surface area contributed by atoms with Gasteiger partial charge >= 0.3 is 5.97 Å². The molecule has 0 saturated carbocycles. The molecular formula is C11H14N2O6S. The quantitative estimate of drug-likeness (QED) is 0.681. The molecule has 0 unspecified atom stereocenters. The zero-order valence-electron chi connectivity index (χ0n) is 10.8. The van der Waals surface area contributed by atoms with Gasteiger partial charge in [0.15, 0.2) is 0 Å². The Hall–Kier alpha value is -2.13. The van der Waals surface area contributed by atoms with Crippen molar-refractivity contribution in [1.82, 2.24) is 4.72 Å². The van der Waals surface area contributed by atoms with Crippen molar-refractivity contribution in [3.63, 3.8) is 0 Å². The van der Waals surface area contributed by atoms with Gasteiger partial charge in [0, 0.05) is 6.92 Å². The summed E-state index contributed by atoms with van der Waals surface area (Å²) in [6.07, 6.45) is 0. The minimum absolute atomic E-state index is 0.177. The molecule has 0 aliphatic rings. The van der Waals surface area contributed by atoms with E-state index in [4.69, 9.17) is 9.84 Å². The average Bonchev–Trinajstić information content (AvgIpc) is 2.35. The number of ether oxygens (including phenoxy) is 1. The van der Waals surface area contributed by atoms with Crippen LogP contribution in [0.1, 0.15) is 6.92 Å². The van der Waals surface area contributed by atoms with Crippen molar-refractivity contribution in [2.45, 2.75) is 11.8 Å². The molecule has 1 aromatic rings. The van der Waals surface area contributed by atoms with Gasteiger partial charge in [-0.15, -0.1) is 0 Å². The Morgan fingerprint density at radius 1 is 1.35 bits per heavy atom. The van der Waals surface area contributed by atoms with Crippen LogP contribution in [0.4, 0.5) is 5.69 Å². The maximum absolute atomic E-state index is 11.8. The molecule has 110 valence electrons. The van der Waals surface area contributed by atoms with E-state index in [0.717, 1.165) is 0 Å². The van der Waals surface area contributed by atoms with E-state index >= 15 is 0 Å². The predicted octanol–water partition coefficient (Wildman–Crippen LogP) is 0.0165. The number of carbonyl (C=O) groups excluding carboxylic acids is 1. The van der Waals surface area contributed by atoms with Crippen LogP contribution in [0.15, 0.2) is 23.1 Å². The molecule has 0 atom stereocenters. The monoisotopic (exact) mass is 302 g/mol. The Morgan fingerprint density at radius 2 is 2.00 bits per heavy atom. The zero-order chi connectivity index (χ0) is 15.3. The molecule has 0 aliphatic heterocycles. The summed E-state index contributed by atoms with van der Waals surface area (Å²) in [5.74, 6) is -1.40. The van der Waals surface area contributed by atoms with Crippen LogP contribution in [0.2, 0.25) is 0 Å². The van der Waals surface area contributed by atoms with Gasteiger partial charge in [0.1, 0.15) is 12.3 Å². The molecule has 0 spiro atoms. The van der Waals surface area contributed by atoms with Crippen LogP contribution < -0.4 is 14.8 Å². The standard InChI is InChI=1S/C11H14N2O6S/c1-7(14)13-9-5-8(3-4-10(9)19-2)20(17,18)12-6-11(15)16/h3-5,12H,6H2,1-2H3,(H,13,14)(H,15,16). The summed E-state index contributed by atoms with van der Waals surface area (Å²) in [7, 11) is -2.60. The topological polar surface area (TPSA) is 122 Å². The van der Waals surface area contributed by atoms with Crippen LogP contribution in [0.3, 0.4) is 0 Å². The number of amides is 1. The number of methoxy groups -OCH3 is 1. The number of hydrogen-bond donors (Lipinski definition) is 3. The van der Waals surface area contributed by atoms with Crippen molar-refractivity contribution in [2.75, 3.05) is 19.0 Å². The van der Waals surface area contributed by atoms with Crippen LogP contribution in [0.5, 0.6) is 5.75 Å². The number of carboxylic acids is 1. The summed E-state index contributed by atoms with van der Waals surface area (Å²) in [6.45, 7) is 0.535. The first-order valence-electron chi connectivity index (χ1n) is 5.43. The normalized spacial score (nSPS) is 10.9. The number of carboxylic acid groups (broad SMARTS) is 1. The number of aliphatic carboxylic acids is 1. The van der Waals surface area contributed by atoms with Crippen molar-refractivity contribution in [3.8, 4) is 5.75 Å². The molecule has 9 heteroatoms. The lowest BCUT2D eigenvalue weighted by Gasteiger charge is -2.11. The van der Waals surface area contributed by atoms with Gasteiger partial charge < -0.3 is 15.2 Å². The summed E-state index contributed by atoms with van der Waals surface area (Å²) in [5.41, 5.74) is 0.179. The molecular weight excluding hydrogens is 288 g/mol. The summed E-state index contributed by atoms with van der Waals surface area (Å²) >= 11 is 0. The van der Waals surface area contributed by atoms with E-state index in [1.165, 1.54) is 32.2 Å². The van der Waals surface area contributed by atoms with Gasteiger partial charge in [-0.25, -0.2) is 8.42 Å². The molecule has 0 saturated heterocycles. The summed E-state index contributed by atoms with van der Waals surface area (Å²) < 4.78 is 30.6. The Balaban J connectivity index is 3.13. The molecule has 1 aromatic carbocycles. The first-order valence-corrected chi connectivity index (χ1v) is 6.91. The van der Waals surface area contributed by atoms with Crippen LogP contribution in [0, 0.1) is 0 Å². The van der Waals surface area contributed by atoms with Gasteiger partial charge in [-0.3, -0.25) is 9.59 Å². The van der Waals surface area contributed by atoms with E-state index in [0.29, 0.717) is 0 Å². The fourth-order valence-electron chi connectivity index (χ4n) is 1.38. The molecule has 0 radical (unpaired) electrons. The van der Waals surface area contributed by atoms with E-state index < -0.39 is 28.4 Å². The highest BCUT2D eigenvalue weighted by molar-refractivity contribution is 7.89. The van der Waals surface area contributed by atoms with Crippen molar-refractivity contribution in [1.29, 1.82) is 0 Å². The molecule has 0 bridgehead atoms. The minimum Gasteiger partial charge on any atom is -0.495 e. The van der Waals surface area contributed by atoms with Crippen molar-refractivity contribution in [2.24, 2.45) is 0 Å². The second kappa shape index (κ2) is 6.35. The molecule has 8 nitrogen and oxygen atoms in total. The van der Waals surface area contributed by atoms with Gasteiger partial charge in [-0.05, 0) is 18.2 Å². The van der Waals surface area contributed by atoms with E-state index in [2.05, 4.69) is 5.32 Å². The smallest absolute Gasteiger partial charge is 0.318 e. The molecule has 0 aromatic heterocycles. The number of benzene rings is 1. The maximum Gasteiger partial charge on any atom is 0.318 e. The minimum atomic E-state index is -3.98. The van der Waals surface area contributed by atoms with E-state index in [9.17, 15) is 18.0 Å². The van der Waals surface area contributed by atoms with Crippen LogP contribution in [-0.4, -0.2) is 39.1 Å². The maximum atomic E-state index is 11.8. The molecule has 3 N–H and O–H groups in total. The Kier molecular flexibility index (Phi) is 5.06. The highest BCUT2D eigenvalue weighted by atomic mass is 32.2. The fourth-order valence-corrected chi connectivity index (χ4v) is 2.38. The van der Waals surface area contributed by atoms with Crippen molar-refractivity contribution >= 4 is 27.6 Å². The first kappa shape index (κ1) is 15.9. The molecule has 1 rings (SSSR count). The highest BCUT2D eigenvalue weighted by Crippen LogP contribution is 2.27. The second-order valence-corrected chi connectivity index (χ2v) is 5.53. The van der Waals surface area contributed by atoms with Crippen LogP contribution >= 0.6 is 0 Å². The van der Waals surface area contributed by atoms with Gasteiger partial charge in [-0.1, -0.05) is 0 Å². The largest absolute Gasteiger partial charge is 0.495 e. The predicted molar refractivity (Wildman–Crippen MR) is 70.1 cm³/mol. The second-order valence-electron chi connectivity index (χ2n) is 3.76. The Morgan fingerprint density at radius 3 is 2.50 bits per heavy atom. The molecule has 0 fully saturated rings. The summed E-state index contributed by atoms with van der Waals surface area (Å²) in [4.78, 5) is 21.3. The van der Waals surface area contributed by atoms with Gasteiger partial charge in [-0.2, -0.15) is 4.72 Å². The van der Waals surface area contributed by atoms with Gasteiger partial charge in [0.05, 0.1) is 17.7 Å². The molecule has 0 aliphatic carbocycles. The Bertz CT molecular complexity index is 626. The fraction of sp³-hybridized carbons (Fsp3) is 0.273. The first-order chi connectivity index (χ1) is 9.26. The number of anilines is 1. The average molecular weight is 302 g/mol. The molecule has 1 amide bonds. The molecule has 0 heterocycles. The van der Waals surface area contributed by atoms with Crippen molar-refractivity contribution < 1.29 is 27.9 Å². The van der Waals surface area contributed by atoms with E-state index in [1.807, 2.05) is 4.72 Å². The SMILES string of the molecule is COc1ccc(S(=O)(=O)NCC(=O)O)cc1NC(C)=O. The van der Waals surface area contributed by atoms with Crippen LogP contribution in [-0.2, 0) is 19.6 Å². The third-order valence-corrected chi connectivity index (χ3v) is 3.60. The zero-order valence-corrected chi connectivity index (χ0v) is 11.7. The highest BCUT2D eigenvalue weighted by Gasteiger charge is 2.17. The van der Waals surface area contributed by atoms with Gasteiger partial charge in [0.2, 0.25) is 15.9 Å². The number of carbonyl (C=O) groups is 2. The lowest BCUT2D eigenvalue weighted by atomic mass is 10.3. The molecule has 20 heavy (non-hydrogen) atoms. The van der Waals surface area contributed by atoms with Crippen LogP contribution in [0.25, 0.3) is 0 Å². The van der Waals surface area contributed by atoms with E-state index in [-0.39, 0.29) is 16.3 Å². The third-order valence-electron chi connectivity index (χ3n) is 2.21. The Labute approximate surface area is 115 Å². The number of rotatable bonds is 6. The number of sulfonamides is 1. The van der Waals surface area contributed by atoms with Crippen molar-refractivity contribution in [3.05, 3.63) is 18.2 Å². The number of hydrogen-bond acceptors (Lipinski definition) is 5. The van der Waals surface area contributed by atoms with E-state index in [1.54, 1.807) is 0 Å². The summed E-state index contributed by atoms with van der Waals surface area (Å²) in [5, 5.41) is 10.9.